The van der Waals surface area contributed by atoms with Gasteiger partial charge in [0.25, 0.3) is 0 Å². The summed E-state index contributed by atoms with van der Waals surface area (Å²) < 4.78 is 0. The van der Waals surface area contributed by atoms with Crippen molar-refractivity contribution in [2.24, 2.45) is 5.16 Å². The molecule has 0 atom stereocenters. The number of halogens is 1. The molecule has 0 bridgehead atoms. The first kappa shape index (κ1) is 10.5. The Balaban J connectivity index is 0. The quantitative estimate of drug-likeness (QED) is 0.378. The van der Waals surface area contributed by atoms with Gasteiger partial charge in [-0.15, -0.1) is 0 Å². The third-order valence-corrected chi connectivity index (χ3v) is 1.38. The zero-order chi connectivity index (χ0) is 7.23. The van der Waals surface area contributed by atoms with E-state index in [1.807, 2.05) is 0 Å². The van der Waals surface area contributed by atoms with E-state index >= 15 is 0 Å². The number of nitrogens with zero attached hydrogens (tertiary/aromatic N) is 1. The summed E-state index contributed by atoms with van der Waals surface area (Å²) in [6.07, 6.45) is 5.00. The highest BCUT2D eigenvalue weighted by Gasteiger charge is 1.98. The molecule has 1 aliphatic heterocycles. The van der Waals surface area contributed by atoms with Crippen LogP contribution in [0.25, 0.3) is 0 Å². The monoisotopic (exact) mass is 176 g/mol. The van der Waals surface area contributed by atoms with Crippen molar-refractivity contribution in [2.75, 3.05) is 20.2 Å². The van der Waals surface area contributed by atoms with E-state index < -0.39 is 0 Å². The molecular weight excluding hydrogens is 164 g/mol. The number of nitrogens with one attached hydrogen (secondary N) is 1. The lowest BCUT2D eigenvalue weighted by atomic mass is 10.2. The van der Waals surface area contributed by atoms with Crippen LogP contribution in [0.1, 0.15) is 7.85 Å². The van der Waals surface area contributed by atoms with Gasteiger partial charge < -0.3 is 22.6 Å². The van der Waals surface area contributed by atoms with Crippen molar-refractivity contribution in [3.05, 3.63) is 11.6 Å². The van der Waals surface area contributed by atoms with Gasteiger partial charge in [0, 0.05) is 6.54 Å². The molecular formula is C7H13ClN2O. The molecule has 0 aromatic rings. The zero-order valence-electron chi connectivity index (χ0n) is 7.51. The lowest BCUT2D eigenvalue weighted by Crippen LogP contribution is -3.00. The average Bonchev–Trinajstić information content (AvgIpc) is 2.03. The Labute approximate surface area is 74.4 Å². The van der Waals surface area contributed by atoms with Gasteiger partial charge in [-0.25, -0.2) is 0 Å². The molecule has 0 aromatic carbocycles. The molecule has 3 nitrogen and oxygen atoms in total. The summed E-state index contributed by atoms with van der Waals surface area (Å²) in [6, 6.07) is 0. The van der Waals surface area contributed by atoms with Crippen molar-refractivity contribution in [3.8, 4) is 0 Å². The van der Waals surface area contributed by atoms with Crippen LogP contribution in [0.4, 0.5) is 0 Å². The van der Waals surface area contributed by atoms with Crippen LogP contribution in [0, 0.1) is 0 Å². The molecule has 1 N–H and O–H groups in total. The highest BCUT2D eigenvalue weighted by Crippen LogP contribution is 1.97. The number of hydrogen-bond acceptors (Lipinski definition) is 3. The Bertz CT molecular complexity index is 161. The van der Waals surface area contributed by atoms with E-state index in [0.717, 1.165) is 19.5 Å². The molecule has 11 heavy (non-hydrogen) atoms. The van der Waals surface area contributed by atoms with Crippen molar-refractivity contribution in [3.63, 3.8) is 0 Å². The third kappa shape index (κ3) is 4.01. The Morgan fingerprint density at radius 1 is 1.82 bits per heavy atom. The first-order chi connectivity index (χ1) is 4.93. The van der Waals surface area contributed by atoms with Crippen LogP contribution in [0.3, 0.4) is 0 Å². The average molecular weight is 177 g/mol. The normalized spacial score (nSPS) is 17.4. The molecule has 0 aliphatic carbocycles. The Morgan fingerprint density at radius 3 is 3.18 bits per heavy atom. The molecule has 0 saturated heterocycles. The zero-order valence-corrected chi connectivity index (χ0v) is 7.27. The molecule has 1 heterocycles. The maximum atomic E-state index is 4.55. The fourth-order valence-electron chi connectivity index (χ4n) is 0.883. The summed E-state index contributed by atoms with van der Waals surface area (Å²) in [5, 5.41) is 6.89. The number of rotatable bonds is 2. The topological polar surface area (TPSA) is 33.6 Å². The maximum Gasteiger partial charge on any atom is 1.00 e. The van der Waals surface area contributed by atoms with Crippen molar-refractivity contribution in [2.45, 2.75) is 6.42 Å². The van der Waals surface area contributed by atoms with Crippen LogP contribution in [-0.2, 0) is 4.84 Å². The Hall–Kier alpha value is -0.540. The second-order valence-electron chi connectivity index (χ2n) is 2.16. The van der Waals surface area contributed by atoms with Crippen molar-refractivity contribution >= 4 is 6.21 Å². The number of oxime groups is 1. The Kier molecular flexibility index (Phi) is 5.88. The minimum atomic E-state index is 0. The van der Waals surface area contributed by atoms with Crippen molar-refractivity contribution in [1.29, 1.82) is 0 Å². The van der Waals surface area contributed by atoms with Crippen molar-refractivity contribution in [1.82, 2.24) is 5.32 Å². The summed E-state index contributed by atoms with van der Waals surface area (Å²) in [5.74, 6) is 0. The van der Waals surface area contributed by atoms with E-state index in [4.69, 9.17) is 0 Å². The summed E-state index contributed by atoms with van der Waals surface area (Å²) in [4.78, 5) is 4.55. The van der Waals surface area contributed by atoms with Crippen LogP contribution in [0.5, 0.6) is 0 Å². The van der Waals surface area contributed by atoms with Gasteiger partial charge in [0.05, 0.1) is 6.21 Å². The molecule has 4 heteroatoms. The third-order valence-electron chi connectivity index (χ3n) is 1.38. The summed E-state index contributed by atoms with van der Waals surface area (Å²) in [5.41, 5.74) is 1.20. The van der Waals surface area contributed by atoms with Gasteiger partial charge in [0.1, 0.15) is 7.11 Å². The summed E-state index contributed by atoms with van der Waals surface area (Å²) in [7, 11) is 1.55. The minimum absolute atomic E-state index is 0. The molecule has 0 fully saturated rings. The summed E-state index contributed by atoms with van der Waals surface area (Å²) in [6.45, 7) is 1.98. The van der Waals surface area contributed by atoms with E-state index in [2.05, 4.69) is 21.4 Å². The van der Waals surface area contributed by atoms with E-state index in [1.165, 1.54) is 5.57 Å². The highest BCUT2D eigenvalue weighted by atomic mass is 35.5. The minimum Gasteiger partial charge on any atom is -1.00 e. The van der Waals surface area contributed by atoms with Gasteiger partial charge in [-0.05, 0) is 18.5 Å². The van der Waals surface area contributed by atoms with Crippen LogP contribution >= 0.6 is 0 Å². The van der Waals surface area contributed by atoms with Gasteiger partial charge in [0.15, 0.2) is 0 Å². The smallest absolute Gasteiger partial charge is 1.00 e. The number of hydrogen-bond donors (Lipinski definition) is 1. The standard InChI is InChI=1S/C7H12N2O.ClH/c1-10-9-6-7-3-2-4-8-5-7;/h3,6,8H,2,4-5H2,1H3;1H/b9-6+;. The van der Waals surface area contributed by atoms with E-state index in [1.54, 1.807) is 13.3 Å². The van der Waals surface area contributed by atoms with Crippen LogP contribution in [0.2, 0.25) is 0 Å². The molecule has 0 spiro atoms. The predicted molar refractivity (Wildman–Crippen MR) is 42.2 cm³/mol. The fraction of sp³-hybridized carbons (Fsp3) is 0.571. The maximum absolute atomic E-state index is 4.55. The SMILES string of the molecule is CO/N=C/C1=CCCNC1.[Cl-].[H+]. The lowest BCUT2D eigenvalue weighted by molar-refractivity contribution is -0.00000234. The van der Waals surface area contributed by atoms with Gasteiger partial charge >= 0.3 is 1.43 Å². The van der Waals surface area contributed by atoms with Gasteiger partial charge in [-0.2, -0.15) is 0 Å². The first-order valence-corrected chi connectivity index (χ1v) is 3.40. The molecule has 0 amide bonds. The summed E-state index contributed by atoms with van der Waals surface area (Å²) >= 11 is 0. The van der Waals surface area contributed by atoms with Crippen LogP contribution in [0.15, 0.2) is 16.8 Å². The van der Waals surface area contributed by atoms with Gasteiger partial charge in [0.2, 0.25) is 0 Å². The van der Waals surface area contributed by atoms with E-state index in [-0.39, 0.29) is 13.8 Å². The van der Waals surface area contributed by atoms with Gasteiger partial charge in [-0.3, -0.25) is 0 Å². The largest absolute Gasteiger partial charge is 1.00 e. The molecule has 64 valence electrons. The highest BCUT2D eigenvalue weighted by molar-refractivity contribution is 5.78. The second kappa shape index (κ2) is 6.19. The Morgan fingerprint density at radius 2 is 2.64 bits per heavy atom. The molecule has 0 radical (unpaired) electrons. The second-order valence-corrected chi connectivity index (χ2v) is 2.16. The van der Waals surface area contributed by atoms with Crippen LogP contribution in [-0.4, -0.2) is 26.4 Å². The first-order valence-electron chi connectivity index (χ1n) is 3.40. The van der Waals surface area contributed by atoms with E-state index in [0.29, 0.717) is 0 Å². The lowest BCUT2D eigenvalue weighted by Gasteiger charge is -2.08. The molecule has 1 aliphatic rings. The predicted octanol–water partition coefficient (Wildman–Crippen LogP) is -2.35. The molecule has 1 rings (SSSR count). The van der Waals surface area contributed by atoms with Crippen LogP contribution < -0.4 is 17.7 Å². The van der Waals surface area contributed by atoms with E-state index in [9.17, 15) is 0 Å². The van der Waals surface area contributed by atoms with Crippen molar-refractivity contribution < 1.29 is 18.7 Å². The molecule has 0 aromatic heterocycles. The fourth-order valence-corrected chi connectivity index (χ4v) is 0.883. The van der Waals surface area contributed by atoms with Gasteiger partial charge in [-0.1, -0.05) is 11.2 Å². The molecule has 0 unspecified atom stereocenters. The molecule has 0 saturated carbocycles.